The molecule has 18 heavy (non-hydrogen) atoms. The average Bonchev–Trinajstić information content (AvgIpc) is 2.51. The zero-order chi connectivity index (χ0) is 13.8. The molecule has 0 aromatic rings. The lowest BCUT2D eigenvalue weighted by atomic mass is 10.0. The molecule has 1 amide bonds. The molecular weight excluding hydrogens is 234 g/mol. The molecule has 1 fully saturated rings. The first-order valence-corrected chi connectivity index (χ1v) is 6.39. The van der Waals surface area contributed by atoms with Crippen LogP contribution in [0.1, 0.15) is 40.0 Å². The van der Waals surface area contributed by atoms with Gasteiger partial charge in [0.2, 0.25) is 0 Å². The molecule has 0 bridgehead atoms. The van der Waals surface area contributed by atoms with Crippen LogP contribution in [0.2, 0.25) is 0 Å². The number of hydrogen-bond acceptors (Lipinski definition) is 4. The highest BCUT2D eigenvalue weighted by Crippen LogP contribution is 2.20. The van der Waals surface area contributed by atoms with E-state index in [9.17, 15) is 9.59 Å². The summed E-state index contributed by atoms with van der Waals surface area (Å²) in [4.78, 5) is 25.0. The molecule has 1 rings (SSSR count). The molecule has 1 heterocycles. The van der Waals surface area contributed by atoms with Gasteiger partial charge in [-0.3, -0.25) is 4.79 Å². The van der Waals surface area contributed by atoms with Gasteiger partial charge in [-0.05, 0) is 40.0 Å². The minimum Gasteiger partial charge on any atom is -0.469 e. The predicted molar refractivity (Wildman–Crippen MR) is 67.2 cm³/mol. The molecule has 0 N–H and O–H groups in total. The van der Waals surface area contributed by atoms with Crippen molar-refractivity contribution >= 4 is 12.1 Å². The summed E-state index contributed by atoms with van der Waals surface area (Å²) in [5.41, 5.74) is -0.481. The number of methoxy groups -OCH3 is 1. The maximum absolute atomic E-state index is 11.9. The fraction of sp³-hybridized carbons (Fsp3) is 0.846. The highest BCUT2D eigenvalue weighted by atomic mass is 16.6. The number of hydrogen-bond donors (Lipinski definition) is 0. The number of carbonyl (C=O) groups is 2. The number of carbonyl (C=O) groups excluding carboxylic acids is 2. The van der Waals surface area contributed by atoms with E-state index in [1.807, 2.05) is 20.8 Å². The van der Waals surface area contributed by atoms with Gasteiger partial charge in [0.25, 0.3) is 0 Å². The summed E-state index contributed by atoms with van der Waals surface area (Å²) in [6.07, 6.45) is 1.92. The number of likely N-dealkylation sites (tertiary alicyclic amines) is 1. The van der Waals surface area contributed by atoms with Crippen molar-refractivity contribution in [3.63, 3.8) is 0 Å². The van der Waals surface area contributed by atoms with Crippen LogP contribution in [0.3, 0.4) is 0 Å². The molecule has 5 nitrogen and oxygen atoms in total. The van der Waals surface area contributed by atoms with Crippen molar-refractivity contribution in [3.05, 3.63) is 0 Å². The quantitative estimate of drug-likeness (QED) is 0.676. The molecule has 1 aliphatic heterocycles. The summed E-state index contributed by atoms with van der Waals surface area (Å²) in [6.45, 7) is 6.73. The lowest BCUT2D eigenvalue weighted by Crippen LogP contribution is -2.37. The maximum atomic E-state index is 11.9. The monoisotopic (exact) mass is 257 g/mol. The number of esters is 1. The van der Waals surface area contributed by atoms with Gasteiger partial charge in [-0.15, -0.1) is 0 Å². The third kappa shape index (κ3) is 4.55. The molecule has 1 saturated heterocycles. The maximum Gasteiger partial charge on any atom is 0.410 e. The minimum absolute atomic E-state index is 0.0950. The average molecular weight is 257 g/mol. The second kappa shape index (κ2) is 6.07. The molecule has 104 valence electrons. The van der Waals surface area contributed by atoms with E-state index < -0.39 is 5.60 Å². The molecule has 0 unspecified atom stereocenters. The Bertz CT molecular complexity index is 309. The first-order valence-electron chi connectivity index (χ1n) is 6.39. The summed E-state index contributed by atoms with van der Waals surface area (Å²) >= 11 is 0. The van der Waals surface area contributed by atoms with E-state index in [1.165, 1.54) is 7.11 Å². The van der Waals surface area contributed by atoms with Crippen molar-refractivity contribution in [2.24, 2.45) is 5.92 Å². The number of ether oxygens (including phenoxy) is 2. The van der Waals surface area contributed by atoms with Gasteiger partial charge in [0.05, 0.1) is 13.0 Å². The highest BCUT2D eigenvalue weighted by Gasteiger charge is 2.28. The van der Waals surface area contributed by atoms with Crippen molar-refractivity contribution in [2.75, 3.05) is 20.2 Å². The molecule has 0 aliphatic carbocycles. The summed E-state index contributed by atoms with van der Waals surface area (Å²) in [7, 11) is 1.40. The van der Waals surface area contributed by atoms with Crippen LogP contribution in [0.5, 0.6) is 0 Å². The number of nitrogens with zero attached hydrogens (tertiary/aromatic N) is 1. The Morgan fingerprint density at radius 3 is 2.39 bits per heavy atom. The van der Waals surface area contributed by atoms with Gasteiger partial charge in [0.15, 0.2) is 0 Å². The third-order valence-corrected chi connectivity index (χ3v) is 2.91. The summed E-state index contributed by atoms with van der Waals surface area (Å²) in [5.74, 6) is -0.275. The molecule has 0 saturated carbocycles. The first-order chi connectivity index (χ1) is 8.33. The molecule has 1 atom stereocenters. The predicted octanol–water partition coefficient (Wildman–Crippen LogP) is 2.20. The smallest absolute Gasteiger partial charge is 0.410 e. The Morgan fingerprint density at radius 1 is 1.17 bits per heavy atom. The fourth-order valence-electron chi connectivity index (χ4n) is 2.01. The molecule has 5 heteroatoms. The summed E-state index contributed by atoms with van der Waals surface area (Å²) < 4.78 is 10.1. The Labute approximate surface area is 108 Å². The summed E-state index contributed by atoms with van der Waals surface area (Å²) in [6, 6.07) is 0. The van der Waals surface area contributed by atoms with Crippen LogP contribution in [0, 0.1) is 5.92 Å². The zero-order valence-corrected chi connectivity index (χ0v) is 11.7. The van der Waals surface area contributed by atoms with E-state index in [1.54, 1.807) is 4.90 Å². The largest absolute Gasteiger partial charge is 0.469 e. The van der Waals surface area contributed by atoms with E-state index in [0.717, 1.165) is 12.8 Å². The molecule has 0 aromatic carbocycles. The van der Waals surface area contributed by atoms with Crippen LogP contribution in [-0.2, 0) is 14.3 Å². The molecule has 0 radical (unpaired) electrons. The van der Waals surface area contributed by atoms with Crippen molar-refractivity contribution in [2.45, 2.75) is 45.6 Å². The SMILES string of the molecule is COC(=O)[C@H]1CCCN(C(=O)OC(C)(C)C)CC1. The van der Waals surface area contributed by atoms with Gasteiger partial charge in [-0.1, -0.05) is 0 Å². The van der Waals surface area contributed by atoms with Gasteiger partial charge >= 0.3 is 12.1 Å². The van der Waals surface area contributed by atoms with Gasteiger partial charge in [-0.25, -0.2) is 4.79 Å². The lowest BCUT2D eigenvalue weighted by Gasteiger charge is -2.26. The van der Waals surface area contributed by atoms with E-state index >= 15 is 0 Å². The van der Waals surface area contributed by atoms with Crippen LogP contribution >= 0.6 is 0 Å². The van der Waals surface area contributed by atoms with Gasteiger partial charge in [-0.2, -0.15) is 0 Å². The zero-order valence-electron chi connectivity index (χ0n) is 11.7. The lowest BCUT2D eigenvalue weighted by molar-refractivity contribution is -0.145. The van der Waals surface area contributed by atoms with Crippen LogP contribution in [-0.4, -0.2) is 42.8 Å². The first kappa shape index (κ1) is 14.8. The fourth-order valence-corrected chi connectivity index (χ4v) is 2.01. The molecule has 0 spiro atoms. The Kier molecular flexibility index (Phi) is 4.99. The standard InChI is InChI=1S/C13H23NO4/c1-13(2,3)18-12(16)14-8-5-6-10(7-9-14)11(15)17-4/h10H,5-9H2,1-4H3/t10-/m0/s1. The van der Waals surface area contributed by atoms with Gasteiger partial charge in [0, 0.05) is 13.1 Å². The third-order valence-electron chi connectivity index (χ3n) is 2.91. The highest BCUT2D eigenvalue weighted by molar-refractivity contribution is 5.72. The van der Waals surface area contributed by atoms with Crippen molar-refractivity contribution < 1.29 is 19.1 Å². The van der Waals surface area contributed by atoms with E-state index in [4.69, 9.17) is 9.47 Å². The van der Waals surface area contributed by atoms with Crippen molar-refractivity contribution in [3.8, 4) is 0 Å². The van der Waals surface area contributed by atoms with Crippen LogP contribution in [0.25, 0.3) is 0 Å². The molecule has 1 aliphatic rings. The van der Waals surface area contributed by atoms with Crippen LogP contribution in [0.15, 0.2) is 0 Å². The second-order valence-corrected chi connectivity index (χ2v) is 5.62. The van der Waals surface area contributed by atoms with Gasteiger partial charge in [0.1, 0.15) is 5.60 Å². The van der Waals surface area contributed by atoms with E-state index in [-0.39, 0.29) is 18.0 Å². The Morgan fingerprint density at radius 2 is 1.83 bits per heavy atom. The molecule has 0 aromatic heterocycles. The van der Waals surface area contributed by atoms with Crippen molar-refractivity contribution in [1.82, 2.24) is 4.90 Å². The number of amides is 1. The van der Waals surface area contributed by atoms with Crippen molar-refractivity contribution in [1.29, 1.82) is 0 Å². The normalized spacial score (nSPS) is 21.1. The minimum atomic E-state index is -0.481. The van der Waals surface area contributed by atoms with E-state index in [2.05, 4.69) is 0 Å². The topological polar surface area (TPSA) is 55.8 Å². The van der Waals surface area contributed by atoms with E-state index in [0.29, 0.717) is 19.5 Å². The Balaban J connectivity index is 2.51. The summed E-state index contributed by atoms with van der Waals surface area (Å²) in [5, 5.41) is 0. The second-order valence-electron chi connectivity index (χ2n) is 5.62. The van der Waals surface area contributed by atoms with Gasteiger partial charge < -0.3 is 14.4 Å². The number of rotatable bonds is 1. The van der Waals surface area contributed by atoms with Crippen LogP contribution < -0.4 is 0 Å². The van der Waals surface area contributed by atoms with Crippen LogP contribution in [0.4, 0.5) is 4.79 Å². The Hall–Kier alpha value is -1.26. The molecular formula is C13H23NO4.